The Hall–Kier alpha value is -2.99. The molecule has 5 rings (SSSR count). The van der Waals surface area contributed by atoms with E-state index in [2.05, 4.69) is 46.3 Å². The van der Waals surface area contributed by atoms with Crippen LogP contribution in [0, 0.1) is 0 Å². The third kappa shape index (κ3) is 4.86. The van der Waals surface area contributed by atoms with Crippen LogP contribution >= 0.6 is 0 Å². The summed E-state index contributed by atoms with van der Waals surface area (Å²) in [4.78, 5) is 11.9. The number of fused-ring (bicyclic) bond motifs is 1. The number of hydrogen-bond donors (Lipinski definition) is 1. The lowest BCUT2D eigenvalue weighted by atomic mass is 9.92. The van der Waals surface area contributed by atoms with Gasteiger partial charge in [0, 0.05) is 41.7 Å². The monoisotopic (exact) mass is 448 g/mol. The lowest BCUT2D eigenvalue weighted by Crippen LogP contribution is -2.25. The molecule has 0 atom stereocenters. The highest BCUT2D eigenvalue weighted by atomic mass is 16.6. The van der Waals surface area contributed by atoms with E-state index in [0.29, 0.717) is 6.04 Å². The number of carbonyl (C=O) groups excluding carboxylic acids is 1. The van der Waals surface area contributed by atoms with E-state index in [1.807, 2.05) is 26.0 Å². The molecule has 2 aromatic carbocycles. The molecule has 1 saturated heterocycles. The van der Waals surface area contributed by atoms with Gasteiger partial charge in [-0.25, -0.2) is 4.79 Å². The van der Waals surface area contributed by atoms with E-state index < -0.39 is 6.09 Å². The summed E-state index contributed by atoms with van der Waals surface area (Å²) in [6, 6.07) is 17.2. The van der Waals surface area contributed by atoms with Crippen LogP contribution in [0.2, 0.25) is 0 Å². The molecule has 3 aromatic rings. The van der Waals surface area contributed by atoms with Crippen molar-refractivity contribution in [2.75, 3.05) is 18.5 Å². The number of amides is 1. The van der Waals surface area contributed by atoms with Crippen molar-refractivity contribution in [3.8, 4) is 17.0 Å². The Morgan fingerprint density at radius 2 is 1.79 bits per heavy atom. The molecule has 2 fully saturated rings. The van der Waals surface area contributed by atoms with Gasteiger partial charge in [0.05, 0.1) is 24.8 Å². The van der Waals surface area contributed by atoms with Crippen molar-refractivity contribution in [2.24, 2.45) is 0 Å². The third-order valence-electron chi connectivity index (χ3n) is 6.49. The van der Waals surface area contributed by atoms with Gasteiger partial charge in [-0.05, 0) is 69.0 Å². The molecule has 0 unspecified atom stereocenters. The zero-order chi connectivity index (χ0) is 22.8. The van der Waals surface area contributed by atoms with Crippen LogP contribution < -0.4 is 10.1 Å². The van der Waals surface area contributed by atoms with Gasteiger partial charge in [0.1, 0.15) is 11.9 Å². The average molecular weight is 449 g/mol. The highest BCUT2D eigenvalue weighted by molar-refractivity contribution is 5.89. The number of carbonyl (C=O) groups is 1. The van der Waals surface area contributed by atoms with Gasteiger partial charge in [0.25, 0.3) is 0 Å². The SMILES string of the molecule is CC(C)OC(=O)Nc1ccc(-c2cc3ccc(OC4CCOCC4)cc3n2C2CCC2)cc1. The van der Waals surface area contributed by atoms with E-state index in [1.165, 1.54) is 35.9 Å². The van der Waals surface area contributed by atoms with Gasteiger partial charge in [0.15, 0.2) is 0 Å². The van der Waals surface area contributed by atoms with Crippen molar-refractivity contribution < 1.29 is 19.0 Å². The maximum absolute atomic E-state index is 11.9. The van der Waals surface area contributed by atoms with Crippen molar-refractivity contribution in [2.45, 2.75) is 64.2 Å². The first-order valence-electron chi connectivity index (χ1n) is 12.0. The molecule has 0 spiro atoms. The van der Waals surface area contributed by atoms with E-state index >= 15 is 0 Å². The lowest BCUT2D eigenvalue weighted by molar-refractivity contribution is 0.0256. The maximum Gasteiger partial charge on any atom is 0.411 e. The van der Waals surface area contributed by atoms with Crippen molar-refractivity contribution in [1.29, 1.82) is 0 Å². The molecule has 6 heteroatoms. The van der Waals surface area contributed by atoms with Gasteiger partial charge in [-0.3, -0.25) is 5.32 Å². The van der Waals surface area contributed by atoms with Crippen molar-refractivity contribution in [1.82, 2.24) is 4.57 Å². The molecule has 1 amide bonds. The number of nitrogens with zero attached hydrogens (tertiary/aromatic N) is 1. The number of anilines is 1. The van der Waals surface area contributed by atoms with Gasteiger partial charge in [-0.2, -0.15) is 0 Å². The van der Waals surface area contributed by atoms with Crippen molar-refractivity contribution >= 4 is 22.7 Å². The molecule has 1 saturated carbocycles. The highest BCUT2D eigenvalue weighted by Crippen LogP contribution is 2.41. The fraction of sp³-hybridized carbons (Fsp3) is 0.444. The molecular formula is C27H32N2O4. The number of nitrogens with one attached hydrogen (secondary N) is 1. The molecule has 1 aromatic heterocycles. The topological polar surface area (TPSA) is 61.7 Å². The number of aromatic nitrogens is 1. The largest absolute Gasteiger partial charge is 0.490 e. The van der Waals surface area contributed by atoms with Crippen LogP contribution in [0.15, 0.2) is 48.5 Å². The Bertz CT molecular complexity index is 1110. The number of rotatable bonds is 6. The molecule has 33 heavy (non-hydrogen) atoms. The van der Waals surface area contributed by atoms with Gasteiger partial charge >= 0.3 is 6.09 Å². The average Bonchev–Trinajstić information content (AvgIpc) is 3.12. The van der Waals surface area contributed by atoms with Crippen LogP contribution in [0.1, 0.15) is 52.0 Å². The summed E-state index contributed by atoms with van der Waals surface area (Å²) in [6.45, 7) is 5.22. The summed E-state index contributed by atoms with van der Waals surface area (Å²) in [5.74, 6) is 0.933. The smallest absolute Gasteiger partial charge is 0.411 e. The zero-order valence-electron chi connectivity index (χ0n) is 19.4. The quantitative estimate of drug-likeness (QED) is 0.465. The summed E-state index contributed by atoms with van der Waals surface area (Å²) in [5.41, 5.74) is 4.28. The van der Waals surface area contributed by atoms with Gasteiger partial charge in [-0.15, -0.1) is 0 Å². The Morgan fingerprint density at radius 3 is 2.45 bits per heavy atom. The van der Waals surface area contributed by atoms with E-state index in [0.717, 1.165) is 43.1 Å². The standard InChI is InChI=1S/C27H32N2O4/c1-18(2)32-27(30)28-21-9-6-19(7-10-21)25-16-20-8-11-24(33-23-12-14-31-15-13-23)17-26(20)29(25)22-4-3-5-22/h6-11,16-18,22-23H,3-5,12-15H2,1-2H3,(H,28,30). The predicted molar refractivity (Wildman–Crippen MR) is 130 cm³/mol. The first kappa shape index (κ1) is 21.8. The maximum atomic E-state index is 11.9. The van der Waals surface area contributed by atoms with Crippen LogP contribution in [0.25, 0.3) is 22.2 Å². The predicted octanol–water partition coefficient (Wildman–Crippen LogP) is 6.55. The molecule has 6 nitrogen and oxygen atoms in total. The number of ether oxygens (including phenoxy) is 3. The molecule has 1 aliphatic heterocycles. The van der Waals surface area contributed by atoms with E-state index in [4.69, 9.17) is 14.2 Å². The molecule has 0 radical (unpaired) electrons. The minimum atomic E-state index is -0.432. The summed E-state index contributed by atoms with van der Waals surface area (Å²) in [5, 5.41) is 4.01. The molecular weight excluding hydrogens is 416 g/mol. The number of hydrogen-bond acceptors (Lipinski definition) is 4. The lowest BCUT2D eigenvalue weighted by Gasteiger charge is -2.30. The minimum absolute atomic E-state index is 0.150. The van der Waals surface area contributed by atoms with E-state index in [1.54, 1.807) is 0 Å². The van der Waals surface area contributed by atoms with Crippen LogP contribution in [0.4, 0.5) is 10.5 Å². The van der Waals surface area contributed by atoms with E-state index in [9.17, 15) is 4.79 Å². The molecule has 2 aliphatic rings. The second-order valence-corrected chi connectivity index (χ2v) is 9.29. The Balaban J connectivity index is 1.43. The Kier molecular flexibility index (Phi) is 6.27. The zero-order valence-corrected chi connectivity index (χ0v) is 19.4. The van der Waals surface area contributed by atoms with Crippen molar-refractivity contribution in [3.63, 3.8) is 0 Å². The first-order chi connectivity index (χ1) is 16.1. The minimum Gasteiger partial charge on any atom is -0.490 e. The fourth-order valence-corrected chi connectivity index (χ4v) is 4.61. The van der Waals surface area contributed by atoms with Crippen LogP contribution in [0.3, 0.4) is 0 Å². The molecule has 0 bridgehead atoms. The second kappa shape index (κ2) is 9.48. The van der Waals surface area contributed by atoms with Crippen LogP contribution in [-0.4, -0.2) is 36.1 Å². The second-order valence-electron chi connectivity index (χ2n) is 9.29. The Labute approximate surface area is 194 Å². The van der Waals surface area contributed by atoms with Crippen molar-refractivity contribution in [3.05, 3.63) is 48.5 Å². The van der Waals surface area contributed by atoms with Crippen LogP contribution in [0.5, 0.6) is 5.75 Å². The highest BCUT2D eigenvalue weighted by Gasteiger charge is 2.25. The summed E-state index contributed by atoms with van der Waals surface area (Å²) in [7, 11) is 0. The third-order valence-corrected chi connectivity index (χ3v) is 6.49. The molecule has 2 heterocycles. The number of benzene rings is 2. The van der Waals surface area contributed by atoms with Gasteiger partial charge in [-0.1, -0.05) is 12.1 Å². The van der Waals surface area contributed by atoms with E-state index in [-0.39, 0.29) is 12.2 Å². The molecule has 1 aliphatic carbocycles. The summed E-state index contributed by atoms with van der Waals surface area (Å²) >= 11 is 0. The molecule has 1 N–H and O–H groups in total. The fourth-order valence-electron chi connectivity index (χ4n) is 4.61. The molecule has 174 valence electrons. The van der Waals surface area contributed by atoms with Gasteiger partial charge < -0.3 is 18.8 Å². The first-order valence-corrected chi connectivity index (χ1v) is 12.0. The Morgan fingerprint density at radius 1 is 1.03 bits per heavy atom. The van der Waals surface area contributed by atoms with Crippen LogP contribution in [-0.2, 0) is 9.47 Å². The van der Waals surface area contributed by atoms with Gasteiger partial charge in [0.2, 0.25) is 0 Å². The normalized spacial score (nSPS) is 17.2. The summed E-state index contributed by atoms with van der Waals surface area (Å²) in [6.07, 6.45) is 5.19. The summed E-state index contributed by atoms with van der Waals surface area (Å²) < 4.78 is 19.4.